The summed E-state index contributed by atoms with van der Waals surface area (Å²) < 4.78 is 18.0. The number of hydrogen-bond acceptors (Lipinski definition) is 8. The number of aliphatic imine (C=N–C) groups is 1. The van der Waals surface area contributed by atoms with Gasteiger partial charge in [0, 0.05) is 44.2 Å². The van der Waals surface area contributed by atoms with Gasteiger partial charge in [0.1, 0.15) is 17.3 Å². The highest BCUT2D eigenvalue weighted by Crippen LogP contribution is 2.33. The van der Waals surface area contributed by atoms with E-state index in [1.165, 1.54) is 22.6 Å². The molecule has 0 radical (unpaired) electrons. The summed E-state index contributed by atoms with van der Waals surface area (Å²) in [5.41, 5.74) is 5.90. The van der Waals surface area contributed by atoms with E-state index in [2.05, 4.69) is 57.6 Å². The number of aromatic nitrogens is 2. The molecule has 4 heterocycles. The summed E-state index contributed by atoms with van der Waals surface area (Å²) in [6.07, 6.45) is 6.00. The molecule has 4 aromatic rings. The summed E-state index contributed by atoms with van der Waals surface area (Å²) in [5, 5.41) is 1.97. The Morgan fingerprint density at radius 1 is 1.06 bits per heavy atom. The van der Waals surface area contributed by atoms with Crippen molar-refractivity contribution in [2.24, 2.45) is 4.99 Å². The van der Waals surface area contributed by atoms with Gasteiger partial charge in [-0.15, -0.1) is 11.8 Å². The minimum absolute atomic E-state index is 0.178. The average Bonchev–Trinajstić information content (AvgIpc) is 3.59. The first-order chi connectivity index (χ1) is 22.9. The van der Waals surface area contributed by atoms with Crippen molar-refractivity contribution in [3.63, 3.8) is 0 Å². The molecule has 47 heavy (non-hydrogen) atoms. The monoisotopic (exact) mass is 670 g/mol. The van der Waals surface area contributed by atoms with Crippen LogP contribution < -0.4 is 4.90 Å². The highest BCUT2D eigenvalue weighted by Gasteiger charge is 2.34. The van der Waals surface area contributed by atoms with Crippen molar-refractivity contribution in [3.8, 4) is 0 Å². The summed E-state index contributed by atoms with van der Waals surface area (Å²) in [5.74, 6) is 2.49. The molecule has 0 unspecified atom stereocenters. The number of hydrogen-bond donors (Lipinski definition) is 0. The number of thioether (sulfide) groups is 1. The molecule has 8 nitrogen and oxygen atoms in total. The number of imide groups is 1. The smallest absolute Gasteiger partial charge is 0.261 e. The molecule has 1 fully saturated rings. The molecular weight excluding hydrogens is 632 g/mol. The number of nitrogens with zero attached hydrogens (tertiary/aromatic N) is 6. The van der Waals surface area contributed by atoms with Crippen molar-refractivity contribution in [1.82, 2.24) is 18.6 Å². The molecule has 1 saturated heterocycles. The van der Waals surface area contributed by atoms with E-state index in [4.69, 9.17) is 4.98 Å². The van der Waals surface area contributed by atoms with Crippen molar-refractivity contribution in [3.05, 3.63) is 106 Å². The van der Waals surface area contributed by atoms with Gasteiger partial charge in [-0.1, -0.05) is 37.1 Å². The molecule has 0 aliphatic carbocycles. The van der Waals surface area contributed by atoms with Crippen molar-refractivity contribution < 1.29 is 14.0 Å². The molecule has 0 saturated carbocycles. The molecule has 0 atom stereocenters. The van der Waals surface area contributed by atoms with Gasteiger partial charge in [-0.2, -0.15) is 0 Å². The number of benzene rings is 2. The van der Waals surface area contributed by atoms with Crippen LogP contribution in [0.1, 0.15) is 69.6 Å². The minimum atomic E-state index is -0.275. The number of amides is 2. The number of piperidine rings is 1. The van der Waals surface area contributed by atoms with Crippen molar-refractivity contribution >= 4 is 59.4 Å². The fraction of sp³-hybridized carbons (Fsp3) is 0.333. The predicted octanol–water partition coefficient (Wildman–Crippen LogP) is 7.38. The average molecular weight is 671 g/mol. The quantitative estimate of drug-likeness (QED) is 0.0484. The highest BCUT2D eigenvalue weighted by molar-refractivity contribution is 8.02. The van der Waals surface area contributed by atoms with Crippen LogP contribution in [-0.2, 0) is 6.42 Å². The van der Waals surface area contributed by atoms with E-state index < -0.39 is 0 Å². The Morgan fingerprint density at radius 3 is 2.43 bits per heavy atom. The molecule has 2 aliphatic rings. The number of imidazole rings is 1. The van der Waals surface area contributed by atoms with Gasteiger partial charge < -0.3 is 4.90 Å². The van der Waals surface area contributed by atoms with Crippen LogP contribution in [0, 0.1) is 5.82 Å². The van der Waals surface area contributed by atoms with Gasteiger partial charge in [-0.25, -0.2) is 9.37 Å². The molecule has 2 aromatic heterocycles. The van der Waals surface area contributed by atoms with E-state index in [-0.39, 0.29) is 17.6 Å². The van der Waals surface area contributed by atoms with E-state index in [0.717, 1.165) is 67.2 Å². The summed E-state index contributed by atoms with van der Waals surface area (Å²) in [6, 6.07) is 17.7. The molecule has 2 aliphatic heterocycles. The van der Waals surface area contributed by atoms with Crippen LogP contribution in [0.2, 0.25) is 0 Å². The third-order valence-electron chi connectivity index (χ3n) is 8.76. The minimum Gasteiger partial charge on any atom is -0.350 e. The lowest BCUT2D eigenvalue weighted by Gasteiger charge is -2.31. The SMILES string of the molecule is C=N/C(=C\SCN(C)c1c(CC)nc2ccc(C3CCN(SCCCN4C(=O)c5ccccc5C4=O)CC3)cn12)c1ccc(F)cc1. The standard InChI is InChI=1S/C36H39FN6O2S2/c1-4-31-34(40(3)24-46-23-32(38-2)26-10-13-28(37)14-11-26)43-22-27(12-15-33(43)39-31)25-16-19-41(20-17-25)47-21-7-18-42-35(44)29-8-5-6-9-30(29)36(42)45/h5-6,8-15,22-23,25H,2,4,7,16-21,24H2,1,3H3/b32-23-. The van der Waals surface area contributed by atoms with Gasteiger partial charge in [0.15, 0.2) is 0 Å². The molecule has 11 heteroatoms. The van der Waals surface area contributed by atoms with Gasteiger partial charge in [-0.05, 0) is 91.8 Å². The normalized spacial score (nSPS) is 15.9. The molecule has 0 spiro atoms. The number of carbonyl (C=O) groups excluding carboxylic acids is 2. The van der Waals surface area contributed by atoms with Crippen molar-refractivity contribution in [2.75, 3.05) is 43.2 Å². The Bertz CT molecular complexity index is 1760. The lowest BCUT2D eigenvalue weighted by Crippen LogP contribution is -2.31. The van der Waals surface area contributed by atoms with Crippen molar-refractivity contribution in [2.45, 2.75) is 38.5 Å². The van der Waals surface area contributed by atoms with Gasteiger partial charge in [0.2, 0.25) is 0 Å². The Kier molecular flexibility index (Phi) is 10.4. The molecule has 0 N–H and O–H groups in total. The zero-order valence-corrected chi connectivity index (χ0v) is 28.4. The summed E-state index contributed by atoms with van der Waals surface area (Å²) in [6.45, 7) is 8.27. The van der Waals surface area contributed by atoms with E-state index >= 15 is 0 Å². The Balaban J connectivity index is 1.03. The van der Waals surface area contributed by atoms with Crippen LogP contribution in [-0.4, -0.2) is 75.4 Å². The van der Waals surface area contributed by atoms with Crippen LogP contribution in [0.5, 0.6) is 0 Å². The molecule has 2 aromatic carbocycles. The number of pyridine rings is 1. The fourth-order valence-electron chi connectivity index (χ4n) is 6.26. The van der Waals surface area contributed by atoms with Crippen LogP contribution in [0.25, 0.3) is 11.3 Å². The Labute approximate surface area is 283 Å². The van der Waals surface area contributed by atoms with Crippen LogP contribution in [0.3, 0.4) is 0 Å². The van der Waals surface area contributed by atoms with Crippen LogP contribution in [0.4, 0.5) is 10.2 Å². The van der Waals surface area contributed by atoms with E-state index in [1.807, 2.05) is 17.4 Å². The second kappa shape index (κ2) is 14.9. The molecule has 2 amide bonds. The van der Waals surface area contributed by atoms with E-state index in [1.54, 1.807) is 48.2 Å². The van der Waals surface area contributed by atoms with Crippen LogP contribution in [0.15, 0.2) is 77.3 Å². The lowest BCUT2D eigenvalue weighted by atomic mass is 9.91. The maximum absolute atomic E-state index is 13.4. The summed E-state index contributed by atoms with van der Waals surface area (Å²) >= 11 is 3.43. The molecule has 6 rings (SSSR count). The van der Waals surface area contributed by atoms with Gasteiger partial charge in [0.25, 0.3) is 11.8 Å². The second-order valence-electron chi connectivity index (χ2n) is 11.8. The number of halogens is 1. The lowest BCUT2D eigenvalue weighted by molar-refractivity contribution is 0.0654. The molecule has 0 bridgehead atoms. The highest BCUT2D eigenvalue weighted by atomic mass is 32.2. The zero-order chi connectivity index (χ0) is 32.9. The number of carbonyl (C=O) groups is 2. The first-order valence-corrected chi connectivity index (χ1v) is 18.0. The number of fused-ring (bicyclic) bond motifs is 2. The van der Waals surface area contributed by atoms with E-state index in [9.17, 15) is 14.0 Å². The number of rotatable bonds is 13. The first-order valence-electron chi connectivity index (χ1n) is 16.0. The predicted molar refractivity (Wildman–Crippen MR) is 192 cm³/mol. The topological polar surface area (TPSA) is 73.5 Å². The maximum atomic E-state index is 13.4. The second-order valence-corrected chi connectivity index (χ2v) is 13.8. The first kappa shape index (κ1) is 33.0. The Morgan fingerprint density at radius 2 is 1.77 bits per heavy atom. The van der Waals surface area contributed by atoms with E-state index in [0.29, 0.717) is 35.2 Å². The maximum Gasteiger partial charge on any atom is 0.261 e. The Hall–Kier alpha value is -3.93. The molecule has 244 valence electrons. The van der Waals surface area contributed by atoms with Crippen LogP contribution >= 0.6 is 23.7 Å². The number of anilines is 1. The van der Waals surface area contributed by atoms with Gasteiger partial charge in [-0.3, -0.25) is 28.2 Å². The summed E-state index contributed by atoms with van der Waals surface area (Å²) in [4.78, 5) is 38.0. The number of aryl methyl sites for hydroxylation is 1. The summed E-state index contributed by atoms with van der Waals surface area (Å²) in [7, 11) is 2.08. The van der Waals surface area contributed by atoms with Gasteiger partial charge >= 0.3 is 0 Å². The zero-order valence-electron chi connectivity index (χ0n) is 26.8. The van der Waals surface area contributed by atoms with Crippen molar-refractivity contribution in [1.29, 1.82) is 0 Å². The molecular formula is C36H39FN6O2S2. The third-order valence-corrected chi connectivity index (χ3v) is 10.9. The third kappa shape index (κ3) is 7.17. The fourth-order valence-corrected chi connectivity index (χ4v) is 8.04. The van der Waals surface area contributed by atoms with Gasteiger partial charge in [0.05, 0.1) is 28.4 Å². The largest absolute Gasteiger partial charge is 0.350 e.